The van der Waals surface area contributed by atoms with E-state index in [1.807, 2.05) is 0 Å². The van der Waals surface area contributed by atoms with Crippen LogP contribution in [0.1, 0.15) is 322 Å². The molecule has 0 saturated carbocycles. The molecular formula is C63H120NO8P. The Bertz CT molecular complexity index is 1290. The van der Waals surface area contributed by atoms with Crippen LogP contribution in [0, 0.1) is 0 Å². The largest absolute Gasteiger partial charge is 0.472 e. The summed E-state index contributed by atoms with van der Waals surface area (Å²) in [4.78, 5) is 35.1. The van der Waals surface area contributed by atoms with Gasteiger partial charge in [-0.1, -0.05) is 301 Å². The first-order valence-corrected chi connectivity index (χ1v) is 33.0. The van der Waals surface area contributed by atoms with Crippen LogP contribution >= 0.6 is 7.82 Å². The molecule has 0 bridgehead atoms. The molecule has 0 aromatic heterocycles. The van der Waals surface area contributed by atoms with Gasteiger partial charge in [0.05, 0.1) is 13.2 Å². The number of carbonyl (C=O) groups is 2. The van der Waals surface area contributed by atoms with E-state index >= 15 is 0 Å². The van der Waals surface area contributed by atoms with Crippen LogP contribution in [-0.4, -0.2) is 49.3 Å². The molecular weight excluding hydrogens is 930 g/mol. The molecule has 0 amide bonds. The molecule has 0 radical (unpaired) electrons. The van der Waals surface area contributed by atoms with E-state index in [1.165, 1.54) is 231 Å². The Morgan fingerprint density at radius 2 is 0.753 bits per heavy atom. The highest BCUT2D eigenvalue weighted by atomic mass is 31.2. The quantitative estimate of drug-likeness (QED) is 0.0264. The zero-order valence-electron chi connectivity index (χ0n) is 48.1. The molecule has 0 spiro atoms. The zero-order chi connectivity index (χ0) is 53.1. The number of nitrogens with two attached hydrogens (primary N) is 1. The normalized spacial score (nSPS) is 13.2. The van der Waals surface area contributed by atoms with Crippen LogP contribution in [0.25, 0.3) is 0 Å². The molecule has 2 atom stereocenters. The minimum atomic E-state index is -4.39. The highest BCUT2D eigenvalue weighted by molar-refractivity contribution is 7.47. The first-order chi connectivity index (χ1) is 35.8. The highest BCUT2D eigenvalue weighted by Gasteiger charge is 2.26. The van der Waals surface area contributed by atoms with Gasteiger partial charge < -0.3 is 20.1 Å². The van der Waals surface area contributed by atoms with Crippen molar-refractivity contribution in [1.29, 1.82) is 0 Å². The number of unbranched alkanes of at least 4 members (excludes halogenated alkanes) is 41. The lowest BCUT2D eigenvalue weighted by atomic mass is 10.0. The molecule has 0 aliphatic rings. The van der Waals surface area contributed by atoms with Crippen molar-refractivity contribution in [1.82, 2.24) is 0 Å². The van der Waals surface area contributed by atoms with Gasteiger partial charge in [-0.15, -0.1) is 0 Å². The SMILES string of the molecule is CC/C=C\C/C=C\C/C=C\CCCCCC(=O)OC(COC(=O)CCCCCCCCCCCCCCCCCCCCCCCCCCCCCCCCCCCCCCCCC)COP(=O)(O)OCCN. The summed E-state index contributed by atoms with van der Waals surface area (Å²) in [5.41, 5.74) is 5.37. The van der Waals surface area contributed by atoms with Crippen LogP contribution < -0.4 is 5.73 Å². The van der Waals surface area contributed by atoms with Gasteiger partial charge in [0.1, 0.15) is 6.61 Å². The summed E-state index contributed by atoms with van der Waals surface area (Å²) in [7, 11) is -4.39. The van der Waals surface area contributed by atoms with E-state index in [0.29, 0.717) is 6.42 Å². The number of hydrogen-bond donors (Lipinski definition) is 2. The fraction of sp³-hybridized carbons (Fsp3) is 0.873. The Morgan fingerprint density at radius 1 is 0.425 bits per heavy atom. The molecule has 0 aromatic carbocycles. The third-order valence-corrected chi connectivity index (χ3v) is 15.0. The van der Waals surface area contributed by atoms with Crippen molar-refractivity contribution in [2.45, 2.75) is 328 Å². The molecule has 0 aliphatic heterocycles. The van der Waals surface area contributed by atoms with Crippen molar-refractivity contribution in [3.05, 3.63) is 36.5 Å². The first kappa shape index (κ1) is 71.2. The van der Waals surface area contributed by atoms with Crippen molar-refractivity contribution in [3.8, 4) is 0 Å². The van der Waals surface area contributed by atoms with Gasteiger partial charge in [-0.3, -0.25) is 18.6 Å². The molecule has 0 saturated heterocycles. The fourth-order valence-electron chi connectivity index (χ4n) is 9.42. The first-order valence-electron chi connectivity index (χ1n) is 31.5. The lowest BCUT2D eigenvalue weighted by Gasteiger charge is -2.19. The van der Waals surface area contributed by atoms with Gasteiger partial charge in [-0.05, 0) is 44.9 Å². The van der Waals surface area contributed by atoms with Gasteiger partial charge in [-0.25, -0.2) is 4.57 Å². The summed E-state index contributed by atoms with van der Waals surface area (Å²) in [6.45, 7) is 3.63. The molecule has 0 aromatic rings. The van der Waals surface area contributed by atoms with Gasteiger partial charge in [0.25, 0.3) is 0 Å². The maximum Gasteiger partial charge on any atom is 0.472 e. The van der Waals surface area contributed by atoms with Crippen LogP contribution in [0.3, 0.4) is 0 Å². The number of phosphoric ester groups is 1. The summed E-state index contributed by atoms with van der Waals surface area (Å²) >= 11 is 0. The monoisotopic (exact) mass is 1050 g/mol. The number of ether oxygens (including phenoxy) is 2. The Morgan fingerprint density at radius 3 is 1.12 bits per heavy atom. The average molecular weight is 1050 g/mol. The molecule has 0 fully saturated rings. The van der Waals surface area contributed by atoms with Gasteiger partial charge in [0, 0.05) is 19.4 Å². The van der Waals surface area contributed by atoms with Gasteiger partial charge in [-0.2, -0.15) is 0 Å². The van der Waals surface area contributed by atoms with Crippen molar-refractivity contribution in [2.24, 2.45) is 5.73 Å². The second kappa shape index (κ2) is 59.5. The Balaban J connectivity index is 3.69. The topological polar surface area (TPSA) is 134 Å². The standard InChI is InChI=1S/C63H120NO8P/c1-3-5-7-9-11-13-15-17-18-19-20-21-22-23-24-25-26-27-28-29-30-31-32-33-34-35-36-37-38-39-40-41-42-44-45-47-49-51-53-55-62(65)69-59-61(60-71-73(67,68)70-58-57-64)72-63(66)56-54-52-50-48-46-43-16-14-12-10-8-6-4-2/h6,8,12,14,43,46,61H,3-5,7,9-11,13,15-42,44-45,47-60,64H2,1-2H3,(H,67,68)/b8-6-,14-12-,46-43-. The summed E-state index contributed by atoms with van der Waals surface area (Å²) in [6.07, 6.45) is 72.7. The number of carbonyl (C=O) groups excluding carboxylic acids is 2. The third kappa shape index (κ3) is 59.3. The molecule has 0 aliphatic carbocycles. The molecule has 0 rings (SSSR count). The average Bonchev–Trinajstić information content (AvgIpc) is 3.38. The molecule has 73 heavy (non-hydrogen) atoms. The third-order valence-electron chi connectivity index (χ3n) is 14.0. The van der Waals surface area contributed by atoms with E-state index in [-0.39, 0.29) is 38.6 Å². The lowest BCUT2D eigenvalue weighted by molar-refractivity contribution is -0.161. The fourth-order valence-corrected chi connectivity index (χ4v) is 10.2. The minimum absolute atomic E-state index is 0.0491. The minimum Gasteiger partial charge on any atom is -0.462 e. The van der Waals surface area contributed by atoms with E-state index in [2.05, 4.69) is 50.3 Å². The van der Waals surface area contributed by atoms with E-state index < -0.39 is 26.5 Å². The summed E-state index contributed by atoms with van der Waals surface area (Å²) in [5.74, 6) is -0.851. The maximum absolute atomic E-state index is 12.6. The summed E-state index contributed by atoms with van der Waals surface area (Å²) in [6, 6.07) is 0. The van der Waals surface area contributed by atoms with Crippen molar-refractivity contribution in [3.63, 3.8) is 0 Å². The Kier molecular flexibility index (Phi) is 58.0. The smallest absolute Gasteiger partial charge is 0.462 e. The second-order valence-electron chi connectivity index (χ2n) is 21.3. The number of allylic oxidation sites excluding steroid dienone is 6. The summed E-state index contributed by atoms with van der Waals surface area (Å²) < 4.78 is 32.9. The second-order valence-corrected chi connectivity index (χ2v) is 22.7. The molecule has 2 unspecified atom stereocenters. The highest BCUT2D eigenvalue weighted by Crippen LogP contribution is 2.43. The van der Waals surface area contributed by atoms with Crippen LogP contribution in [0.5, 0.6) is 0 Å². The van der Waals surface area contributed by atoms with Crippen molar-refractivity contribution in [2.75, 3.05) is 26.4 Å². The molecule has 430 valence electrons. The predicted octanol–water partition coefficient (Wildman–Crippen LogP) is 20.0. The lowest BCUT2D eigenvalue weighted by Crippen LogP contribution is -2.29. The van der Waals surface area contributed by atoms with Crippen LogP contribution in [0.4, 0.5) is 0 Å². The van der Waals surface area contributed by atoms with Crippen LogP contribution in [0.15, 0.2) is 36.5 Å². The zero-order valence-corrected chi connectivity index (χ0v) is 49.0. The predicted molar refractivity (Wildman–Crippen MR) is 312 cm³/mol. The Hall–Kier alpha value is -1.77. The van der Waals surface area contributed by atoms with Crippen LogP contribution in [0.2, 0.25) is 0 Å². The number of rotatable bonds is 60. The van der Waals surface area contributed by atoms with Gasteiger partial charge >= 0.3 is 19.8 Å². The molecule has 10 heteroatoms. The van der Waals surface area contributed by atoms with Gasteiger partial charge in [0.15, 0.2) is 6.10 Å². The maximum atomic E-state index is 12.6. The number of esters is 2. The molecule has 9 nitrogen and oxygen atoms in total. The Labute approximate surface area is 452 Å². The summed E-state index contributed by atoms with van der Waals surface area (Å²) in [5, 5.41) is 0. The van der Waals surface area contributed by atoms with Crippen molar-refractivity contribution < 1.29 is 37.6 Å². The van der Waals surface area contributed by atoms with E-state index in [4.69, 9.17) is 24.3 Å². The van der Waals surface area contributed by atoms with E-state index in [0.717, 1.165) is 57.8 Å². The van der Waals surface area contributed by atoms with Crippen molar-refractivity contribution >= 4 is 19.8 Å². The molecule has 0 heterocycles. The molecule has 3 N–H and O–H groups in total. The van der Waals surface area contributed by atoms with E-state index in [9.17, 15) is 19.0 Å². The number of phosphoric acid groups is 1. The number of hydrogen-bond acceptors (Lipinski definition) is 8. The van der Waals surface area contributed by atoms with E-state index in [1.54, 1.807) is 0 Å². The van der Waals surface area contributed by atoms with Crippen LogP contribution in [-0.2, 0) is 32.7 Å². The van der Waals surface area contributed by atoms with Gasteiger partial charge in [0.2, 0.25) is 0 Å².